The molecule has 2 aromatic rings. The van der Waals surface area contributed by atoms with Crippen molar-refractivity contribution in [3.8, 4) is 0 Å². The van der Waals surface area contributed by atoms with E-state index in [0.717, 1.165) is 90.9 Å². The summed E-state index contributed by atoms with van der Waals surface area (Å²) in [5.41, 5.74) is 10.9. The van der Waals surface area contributed by atoms with Gasteiger partial charge in [-0.05, 0) is 152 Å². The molecule has 0 atom stereocenters. The van der Waals surface area contributed by atoms with Crippen LogP contribution in [-0.4, -0.2) is 95.4 Å². The Bertz CT molecular complexity index is 1170. The van der Waals surface area contributed by atoms with Crippen molar-refractivity contribution in [1.29, 1.82) is 0 Å². The molecule has 0 bridgehead atoms. The summed E-state index contributed by atoms with van der Waals surface area (Å²) in [6.45, 7) is 9.22. The van der Waals surface area contributed by atoms with Gasteiger partial charge in [0.15, 0.2) is 0 Å². The normalized spacial score (nSPS) is 12.3. The molecule has 0 fully saturated rings. The molecule has 0 unspecified atom stereocenters. The number of benzene rings is 2. The topological polar surface area (TPSA) is 192 Å². The van der Waals surface area contributed by atoms with Crippen LogP contribution in [0.4, 0.5) is 0 Å². The van der Waals surface area contributed by atoms with Gasteiger partial charge in [0.2, 0.25) is 20.0 Å². The molecular formula is C30H56N8O4S2. The molecule has 12 nitrogen and oxygen atoms in total. The average molecular weight is 657 g/mol. The summed E-state index contributed by atoms with van der Waals surface area (Å²) in [4.78, 5) is 0.313. The molecule has 0 saturated carbocycles. The number of nitrogens with one attached hydrogen (secondary N) is 6. The summed E-state index contributed by atoms with van der Waals surface area (Å²) in [5.74, 6) is 0. The highest BCUT2D eigenvalue weighted by atomic mass is 32.2. The van der Waals surface area contributed by atoms with Crippen LogP contribution in [0.2, 0.25) is 0 Å². The van der Waals surface area contributed by atoms with E-state index in [-0.39, 0.29) is 9.79 Å². The highest BCUT2D eigenvalue weighted by Gasteiger charge is 2.17. The van der Waals surface area contributed by atoms with E-state index in [1.54, 1.807) is 24.3 Å². The molecule has 0 saturated heterocycles. The van der Waals surface area contributed by atoms with Gasteiger partial charge in [0.25, 0.3) is 0 Å². The lowest BCUT2D eigenvalue weighted by Crippen LogP contribution is -2.28. The van der Waals surface area contributed by atoms with E-state index in [0.29, 0.717) is 49.8 Å². The van der Waals surface area contributed by atoms with Gasteiger partial charge in [-0.15, -0.1) is 0 Å². The monoisotopic (exact) mass is 656 g/mol. The maximum atomic E-state index is 12.8. The van der Waals surface area contributed by atoms with Crippen molar-refractivity contribution >= 4 is 30.8 Å². The zero-order chi connectivity index (χ0) is 31.9. The summed E-state index contributed by atoms with van der Waals surface area (Å²) in [7, 11) is -7.34. The Labute approximate surface area is 265 Å². The van der Waals surface area contributed by atoms with E-state index in [9.17, 15) is 16.8 Å². The van der Waals surface area contributed by atoms with Gasteiger partial charge in [0, 0.05) is 13.1 Å². The number of nitrogens with two attached hydrogens (primary N) is 2. The highest BCUT2D eigenvalue weighted by molar-refractivity contribution is 7.89. The van der Waals surface area contributed by atoms with Crippen molar-refractivity contribution in [2.45, 2.75) is 61.2 Å². The van der Waals surface area contributed by atoms with Gasteiger partial charge in [-0.1, -0.05) is 12.1 Å². The van der Waals surface area contributed by atoms with Crippen LogP contribution in [0.5, 0.6) is 0 Å². The lowest BCUT2D eigenvalue weighted by atomic mass is 10.1. The molecule has 0 heterocycles. The largest absolute Gasteiger partial charge is 0.330 e. The third-order valence-electron chi connectivity index (χ3n) is 7.08. The third kappa shape index (κ3) is 16.0. The van der Waals surface area contributed by atoms with Crippen LogP contribution in [-0.2, 0) is 20.0 Å². The molecular weight excluding hydrogens is 601 g/mol. The van der Waals surface area contributed by atoms with Crippen molar-refractivity contribution in [3.05, 3.63) is 36.4 Å². The van der Waals surface area contributed by atoms with Crippen LogP contribution in [0.15, 0.2) is 46.2 Å². The summed E-state index contributed by atoms with van der Waals surface area (Å²) in [6.07, 6.45) is 7.64. The Morgan fingerprint density at radius 3 is 1.09 bits per heavy atom. The van der Waals surface area contributed by atoms with Crippen LogP contribution in [0.1, 0.15) is 51.4 Å². The first-order chi connectivity index (χ1) is 21.3. The van der Waals surface area contributed by atoms with Crippen LogP contribution in [0, 0.1) is 0 Å². The van der Waals surface area contributed by atoms with Gasteiger partial charge >= 0.3 is 0 Å². The fourth-order valence-electron chi connectivity index (χ4n) is 4.50. The molecule has 0 radical (unpaired) electrons. The minimum absolute atomic E-state index is 0.157. The first kappa shape index (κ1) is 38.5. The van der Waals surface area contributed by atoms with Crippen molar-refractivity contribution in [2.24, 2.45) is 11.5 Å². The van der Waals surface area contributed by atoms with Crippen molar-refractivity contribution in [3.63, 3.8) is 0 Å². The van der Waals surface area contributed by atoms with Crippen molar-refractivity contribution in [1.82, 2.24) is 30.7 Å². The Morgan fingerprint density at radius 1 is 0.432 bits per heavy atom. The van der Waals surface area contributed by atoms with E-state index in [2.05, 4.69) is 30.7 Å². The van der Waals surface area contributed by atoms with E-state index in [4.69, 9.17) is 11.5 Å². The van der Waals surface area contributed by atoms with Crippen molar-refractivity contribution < 1.29 is 16.8 Å². The average Bonchev–Trinajstić information content (AvgIpc) is 3.01. The zero-order valence-electron chi connectivity index (χ0n) is 26.2. The van der Waals surface area contributed by atoms with Crippen LogP contribution in [0.3, 0.4) is 0 Å². The molecule has 2 rings (SSSR count). The second-order valence-electron chi connectivity index (χ2n) is 10.9. The van der Waals surface area contributed by atoms with Crippen LogP contribution in [0.25, 0.3) is 10.8 Å². The number of rotatable bonds is 28. The Hall–Kier alpha value is -1.72. The second-order valence-corrected chi connectivity index (χ2v) is 14.4. The summed E-state index contributed by atoms with van der Waals surface area (Å²) >= 11 is 0. The van der Waals surface area contributed by atoms with Crippen molar-refractivity contribution in [2.75, 3.05) is 78.5 Å². The smallest absolute Gasteiger partial charge is 0.240 e. The number of unbranched alkanes of at least 4 members (excludes halogenated alkanes) is 2. The molecule has 0 aliphatic rings. The molecule has 44 heavy (non-hydrogen) atoms. The molecule has 0 aliphatic carbocycles. The predicted octanol–water partition coefficient (Wildman–Crippen LogP) is 0.793. The lowest BCUT2D eigenvalue weighted by Gasteiger charge is -2.10. The second kappa shape index (κ2) is 22.7. The van der Waals surface area contributed by atoms with E-state index in [1.807, 2.05) is 0 Å². The highest BCUT2D eigenvalue weighted by Crippen LogP contribution is 2.22. The molecule has 2 aromatic carbocycles. The zero-order valence-corrected chi connectivity index (χ0v) is 27.8. The fourth-order valence-corrected chi connectivity index (χ4v) is 6.71. The van der Waals surface area contributed by atoms with E-state index < -0.39 is 20.0 Å². The van der Waals surface area contributed by atoms with Crippen LogP contribution >= 0.6 is 0 Å². The molecule has 10 N–H and O–H groups in total. The molecule has 0 aliphatic heterocycles. The minimum atomic E-state index is -3.67. The summed E-state index contributed by atoms with van der Waals surface area (Å²) < 4.78 is 56.6. The van der Waals surface area contributed by atoms with E-state index in [1.165, 1.54) is 12.1 Å². The van der Waals surface area contributed by atoms with Gasteiger partial charge in [0.1, 0.15) is 0 Å². The van der Waals surface area contributed by atoms with Gasteiger partial charge in [-0.3, -0.25) is 0 Å². The van der Waals surface area contributed by atoms with Gasteiger partial charge in [-0.25, -0.2) is 26.3 Å². The number of hydrogen-bond donors (Lipinski definition) is 8. The molecule has 252 valence electrons. The standard InChI is InChI=1S/C30H56N8O4S2/c31-13-5-19-33-15-1-3-17-35-21-7-23-37-43(39,40)29-11-9-28-26-30(12-10-27(28)25-29)44(41,42)38-24-8-22-36-18-4-2-16-34-20-6-14-32/h9-12,25-26,33-38H,1-8,13-24,31-32H2. The minimum Gasteiger partial charge on any atom is -0.330 e. The first-order valence-electron chi connectivity index (χ1n) is 16.1. The van der Waals surface area contributed by atoms with E-state index >= 15 is 0 Å². The third-order valence-corrected chi connectivity index (χ3v) is 10.00. The summed E-state index contributed by atoms with van der Waals surface area (Å²) in [5, 5.41) is 14.7. The molecule has 14 heteroatoms. The fraction of sp³-hybridized carbons (Fsp3) is 0.667. The van der Waals surface area contributed by atoms with Gasteiger partial charge in [-0.2, -0.15) is 0 Å². The summed E-state index contributed by atoms with van der Waals surface area (Å²) in [6, 6.07) is 9.46. The Kier molecular flexibility index (Phi) is 19.9. The molecule has 0 amide bonds. The number of sulfonamides is 2. The van der Waals surface area contributed by atoms with Gasteiger partial charge < -0.3 is 32.7 Å². The number of fused-ring (bicyclic) bond motifs is 1. The van der Waals surface area contributed by atoms with Gasteiger partial charge in [0.05, 0.1) is 9.79 Å². The first-order valence-corrected chi connectivity index (χ1v) is 19.0. The molecule has 0 aromatic heterocycles. The Morgan fingerprint density at radius 2 is 0.750 bits per heavy atom. The maximum Gasteiger partial charge on any atom is 0.240 e. The van der Waals surface area contributed by atoms with Crippen LogP contribution < -0.4 is 42.2 Å². The predicted molar refractivity (Wildman–Crippen MR) is 181 cm³/mol. The Balaban J connectivity index is 1.68. The lowest BCUT2D eigenvalue weighted by molar-refractivity contribution is 0.558. The quantitative estimate of drug-likeness (QED) is 0.0608. The number of hydrogen-bond acceptors (Lipinski definition) is 10. The maximum absolute atomic E-state index is 12.8. The SMILES string of the molecule is NCCCNCCCCNCCCNS(=O)(=O)c1ccc2cc(S(=O)(=O)NCCCNCCCCNCCCN)ccc2c1. The molecule has 0 spiro atoms.